The number of nitrogens with two attached hydrogens (primary N) is 2. The molecule has 0 radical (unpaired) electrons. The third-order valence-electron chi connectivity index (χ3n) is 1.77. The van der Waals surface area contributed by atoms with Crippen LogP contribution in [-0.4, -0.2) is 5.11 Å². The van der Waals surface area contributed by atoms with Gasteiger partial charge in [0, 0.05) is 0 Å². The van der Waals surface area contributed by atoms with Crippen LogP contribution in [0.25, 0.3) is 11.1 Å². The molecule has 0 aliphatic rings. The summed E-state index contributed by atoms with van der Waals surface area (Å²) in [6, 6.07) is 2.51. The van der Waals surface area contributed by atoms with Gasteiger partial charge in [0.2, 0.25) is 5.58 Å². The first-order valence-corrected chi connectivity index (χ1v) is 3.50. The van der Waals surface area contributed by atoms with Gasteiger partial charge in [-0.3, -0.25) is 5.73 Å². The Morgan fingerprint density at radius 2 is 2.08 bits per heavy atom. The van der Waals surface area contributed by atoms with Crippen LogP contribution in [0.4, 0.5) is 11.7 Å². The number of fused-ring (bicyclic) bond motifs is 1. The third-order valence-corrected chi connectivity index (χ3v) is 1.77. The van der Waals surface area contributed by atoms with E-state index >= 15 is 0 Å². The summed E-state index contributed by atoms with van der Waals surface area (Å²) in [5.74, 6) is -0.265. The Morgan fingerprint density at radius 1 is 1.38 bits per heavy atom. The van der Waals surface area contributed by atoms with Crippen LogP contribution in [0, 0.1) is 5.21 Å². The lowest BCUT2D eigenvalue weighted by Crippen LogP contribution is -2.27. The molecule has 0 unspecified atom stereocenters. The summed E-state index contributed by atoms with van der Waals surface area (Å²) in [6.07, 6.45) is 0. The van der Waals surface area contributed by atoms with Crippen LogP contribution in [0.5, 0.6) is 5.75 Å². The number of anilines is 2. The molecule has 0 amide bonds. The largest absolute Gasteiger partial charge is 0.708 e. The highest BCUT2D eigenvalue weighted by Gasteiger charge is 2.16. The monoisotopic (exact) mass is 181 g/mol. The summed E-state index contributed by atoms with van der Waals surface area (Å²) in [5.41, 5.74) is 10.9. The van der Waals surface area contributed by atoms with Crippen LogP contribution in [0.2, 0.25) is 0 Å². The number of phenols is 1. The minimum atomic E-state index is -0.323. The molecule has 2 aromatic rings. The highest BCUT2D eigenvalue weighted by atomic mass is 16.5. The smallest absolute Gasteiger partial charge is 0.456 e. The van der Waals surface area contributed by atoms with E-state index in [-0.39, 0.29) is 28.6 Å². The van der Waals surface area contributed by atoms with Gasteiger partial charge >= 0.3 is 6.01 Å². The first-order valence-electron chi connectivity index (χ1n) is 3.50. The predicted octanol–water partition coefficient (Wildman–Crippen LogP) is -0.0638. The Hall–Kier alpha value is -2.11. The SMILES string of the molecule is Nc1ccc2c(oc(N)[n+]2[O-])c1O. The maximum absolute atomic E-state index is 11.1. The quantitative estimate of drug-likeness (QED) is 0.228. The molecule has 0 bridgehead atoms. The standard InChI is InChI=1S/C7H7N3O3/c8-3-1-2-4-6(5(3)11)13-7(9)10(4)12/h1-2,11H,8-9H2. The molecule has 5 N–H and O–H groups in total. The number of nitrogen functional groups attached to an aromatic ring is 2. The molecule has 1 aromatic heterocycles. The van der Waals surface area contributed by atoms with Crippen LogP contribution < -0.4 is 16.2 Å². The van der Waals surface area contributed by atoms with E-state index in [1.54, 1.807) is 0 Å². The van der Waals surface area contributed by atoms with Gasteiger partial charge in [-0.05, 0) is 12.1 Å². The van der Waals surface area contributed by atoms with Crippen LogP contribution in [0.1, 0.15) is 0 Å². The molecular weight excluding hydrogens is 174 g/mol. The fourth-order valence-electron chi connectivity index (χ4n) is 1.10. The van der Waals surface area contributed by atoms with Crippen LogP contribution in [-0.2, 0) is 0 Å². The average molecular weight is 181 g/mol. The van der Waals surface area contributed by atoms with Gasteiger partial charge in [0.05, 0.1) is 5.69 Å². The Labute approximate surface area is 72.6 Å². The van der Waals surface area contributed by atoms with E-state index in [4.69, 9.17) is 15.9 Å². The van der Waals surface area contributed by atoms with Crippen LogP contribution >= 0.6 is 0 Å². The normalized spacial score (nSPS) is 10.8. The first kappa shape index (κ1) is 7.53. The molecule has 0 atom stereocenters. The minimum absolute atomic E-state index is 0.00694. The summed E-state index contributed by atoms with van der Waals surface area (Å²) in [6.45, 7) is 0. The molecule has 2 rings (SSSR count). The second-order valence-electron chi connectivity index (χ2n) is 2.59. The lowest BCUT2D eigenvalue weighted by molar-refractivity contribution is -0.565. The van der Waals surface area contributed by atoms with Crippen molar-refractivity contribution in [1.82, 2.24) is 0 Å². The zero-order valence-electron chi connectivity index (χ0n) is 6.52. The number of aromatic nitrogens is 1. The topological polar surface area (TPSA) is 112 Å². The second-order valence-corrected chi connectivity index (χ2v) is 2.59. The third kappa shape index (κ3) is 0.851. The van der Waals surface area contributed by atoms with Crippen molar-refractivity contribution in [3.05, 3.63) is 17.3 Å². The van der Waals surface area contributed by atoms with Gasteiger partial charge in [0.1, 0.15) is 0 Å². The van der Waals surface area contributed by atoms with Gasteiger partial charge in [0.25, 0.3) is 0 Å². The van der Waals surface area contributed by atoms with Gasteiger partial charge in [-0.25, -0.2) is 0 Å². The molecule has 0 saturated heterocycles. The van der Waals surface area contributed by atoms with Crippen molar-refractivity contribution in [2.75, 3.05) is 11.5 Å². The van der Waals surface area contributed by atoms with Gasteiger partial charge in [-0.2, -0.15) is 4.73 Å². The summed E-state index contributed by atoms with van der Waals surface area (Å²) in [7, 11) is 0. The summed E-state index contributed by atoms with van der Waals surface area (Å²) in [4.78, 5) is 0. The Bertz CT molecular complexity index is 477. The number of rotatable bonds is 0. The molecule has 13 heavy (non-hydrogen) atoms. The lowest BCUT2D eigenvalue weighted by Gasteiger charge is -1.98. The van der Waals surface area contributed by atoms with Crippen molar-refractivity contribution < 1.29 is 14.3 Å². The van der Waals surface area contributed by atoms with E-state index in [2.05, 4.69) is 0 Å². The van der Waals surface area contributed by atoms with Crippen molar-refractivity contribution in [3.8, 4) is 5.75 Å². The molecule has 68 valence electrons. The number of hydrogen-bond donors (Lipinski definition) is 3. The van der Waals surface area contributed by atoms with Gasteiger partial charge in [-0.15, -0.1) is 0 Å². The van der Waals surface area contributed by atoms with Gasteiger partial charge in [0.15, 0.2) is 11.3 Å². The molecule has 0 saturated carbocycles. The molecule has 1 heterocycles. The zero-order chi connectivity index (χ0) is 9.59. The molecule has 0 aliphatic carbocycles. The number of hydrogen-bond acceptors (Lipinski definition) is 5. The molecule has 0 fully saturated rings. The van der Waals surface area contributed by atoms with Crippen molar-refractivity contribution >= 4 is 22.8 Å². The van der Waals surface area contributed by atoms with Crippen molar-refractivity contribution in [3.63, 3.8) is 0 Å². The van der Waals surface area contributed by atoms with E-state index in [9.17, 15) is 10.3 Å². The first-order chi connectivity index (χ1) is 6.11. The molecular formula is C7H7N3O3. The molecule has 6 heteroatoms. The van der Waals surface area contributed by atoms with Crippen LogP contribution in [0.15, 0.2) is 16.5 Å². The van der Waals surface area contributed by atoms with Crippen LogP contribution in [0.3, 0.4) is 0 Å². The van der Waals surface area contributed by atoms with Crippen molar-refractivity contribution in [2.45, 2.75) is 0 Å². The highest BCUT2D eigenvalue weighted by Crippen LogP contribution is 2.30. The predicted molar refractivity (Wildman–Crippen MR) is 45.7 cm³/mol. The van der Waals surface area contributed by atoms with E-state index < -0.39 is 0 Å². The number of nitrogens with zero attached hydrogens (tertiary/aromatic N) is 1. The second kappa shape index (κ2) is 2.19. The lowest BCUT2D eigenvalue weighted by atomic mass is 10.2. The van der Waals surface area contributed by atoms with E-state index in [0.717, 1.165) is 0 Å². The Kier molecular flexibility index (Phi) is 1.27. The molecule has 0 aliphatic heterocycles. The molecule has 6 nitrogen and oxygen atoms in total. The maximum Gasteiger partial charge on any atom is 0.456 e. The van der Waals surface area contributed by atoms with E-state index in [0.29, 0.717) is 4.73 Å². The van der Waals surface area contributed by atoms with Crippen molar-refractivity contribution in [2.24, 2.45) is 0 Å². The van der Waals surface area contributed by atoms with Crippen molar-refractivity contribution in [1.29, 1.82) is 0 Å². The highest BCUT2D eigenvalue weighted by molar-refractivity contribution is 5.83. The van der Waals surface area contributed by atoms with Gasteiger partial charge < -0.3 is 20.5 Å². The summed E-state index contributed by atoms with van der Waals surface area (Å²) < 4.78 is 5.19. The number of aromatic hydroxyl groups is 1. The maximum atomic E-state index is 11.1. The fourth-order valence-corrected chi connectivity index (χ4v) is 1.10. The number of benzene rings is 1. The summed E-state index contributed by atoms with van der Waals surface area (Å²) in [5, 5.41) is 20.5. The van der Waals surface area contributed by atoms with E-state index in [1.165, 1.54) is 12.1 Å². The number of phenolic OH excluding ortho intramolecular Hbond substituents is 1. The Morgan fingerprint density at radius 3 is 2.77 bits per heavy atom. The molecule has 0 spiro atoms. The molecule has 1 aromatic carbocycles. The fraction of sp³-hybridized carbons (Fsp3) is 0. The minimum Gasteiger partial charge on any atom is -0.708 e. The zero-order valence-corrected chi connectivity index (χ0v) is 6.52. The number of oxazole rings is 1. The van der Waals surface area contributed by atoms with E-state index in [1.807, 2.05) is 0 Å². The Balaban J connectivity index is 2.94. The van der Waals surface area contributed by atoms with Gasteiger partial charge in [-0.1, -0.05) is 0 Å². The average Bonchev–Trinajstić information content (AvgIpc) is 2.38. The summed E-state index contributed by atoms with van der Waals surface area (Å²) >= 11 is 0.